The van der Waals surface area contributed by atoms with Crippen molar-refractivity contribution < 1.29 is 4.79 Å². The van der Waals surface area contributed by atoms with E-state index in [0.29, 0.717) is 11.4 Å². The minimum atomic E-state index is -0.486. The number of amides is 1. The third-order valence-electron chi connectivity index (χ3n) is 6.52. The Morgan fingerprint density at radius 1 is 1.10 bits per heavy atom. The third kappa shape index (κ3) is 4.45. The number of allylic oxidation sites excluding steroid dienone is 1. The van der Waals surface area contributed by atoms with Gasteiger partial charge in [-0.05, 0) is 61.1 Å². The fourth-order valence-electron chi connectivity index (χ4n) is 4.97. The first kappa shape index (κ1) is 22.9. The molecule has 30 heavy (non-hydrogen) atoms. The monoisotopic (exact) mass is 443 g/mol. The zero-order valence-electron chi connectivity index (χ0n) is 18.1. The number of carbonyl (C=O) groups is 1. The van der Waals surface area contributed by atoms with Gasteiger partial charge in [0.05, 0.1) is 11.5 Å². The lowest BCUT2D eigenvalue weighted by atomic mass is 9.67. The van der Waals surface area contributed by atoms with Gasteiger partial charge in [0.1, 0.15) is 0 Å². The van der Waals surface area contributed by atoms with Crippen LogP contribution in [0.25, 0.3) is 0 Å². The highest BCUT2D eigenvalue weighted by Gasteiger charge is 2.50. The van der Waals surface area contributed by atoms with Crippen LogP contribution in [0.4, 0.5) is 0 Å². The predicted molar refractivity (Wildman–Crippen MR) is 127 cm³/mol. The van der Waals surface area contributed by atoms with Gasteiger partial charge in [-0.3, -0.25) is 4.79 Å². The summed E-state index contributed by atoms with van der Waals surface area (Å²) in [5.74, 6) is 0.349. The Kier molecular flexibility index (Phi) is 7.31. The van der Waals surface area contributed by atoms with E-state index in [1.165, 1.54) is 5.56 Å². The van der Waals surface area contributed by atoms with Gasteiger partial charge in [0.2, 0.25) is 5.91 Å². The molecule has 1 unspecified atom stereocenters. The molecule has 3 atom stereocenters. The number of nitrogens with zero attached hydrogens (tertiary/aromatic N) is 1. The van der Waals surface area contributed by atoms with Gasteiger partial charge >= 0.3 is 0 Å². The summed E-state index contributed by atoms with van der Waals surface area (Å²) in [5, 5.41) is 1.42. The number of hydrogen-bond donors (Lipinski definition) is 0. The van der Waals surface area contributed by atoms with Gasteiger partial charge in [0.25, 0.3) is 0 Å². The maximum Gasteiger partial charge on any atom is 0.229 e. The zero-order valence-corrected chi connectivity index (χ0v) is 19.6. The van der Waals surface area contributed by atoms with Crippen molar-refractivity contribution in [2.75, 3.05) is 0 Å². The molecule has 0 aromatic heterocycles. The molecule has 4 heteroatoms. The molecule has 0 bridgehead atoms. The van der Waals surface area contributed by atoms with Crippen LogP contribution in [0.1, 0.15) is 69.5 Å². The number of carbonyl (C=O) groups excluding carboxylic acids is 1. The van der Waals surface area contributed by atoms with Crippen LogP contribution in [-0.2, 0) is 4.79 Å². The topological polar surface area (TPSA) is 20.3 Å². The summed E-state index contributed by atoms with van der Waals surface area (Å²) in [6.45, 7) is 10.3. The van der Waals surface area contributed by atoms with Crippen molar-refractivity contribution in [3.63, 3.8) is 0 Å². The Hall–Kier alpha value is -1.77. The van der Waals surface area contributed by atoms with Crippen LogP contribution in [0.5, 0.6) is 0 Å². The lowest BCUT2D eigenvalue weighted by molar-refractivity contribution is -0.154. The molecule has 0 radical (unpaired) electrons. The fourth-order valence-corrected chi connectivity index (χ4v) is 5.30. The van der Waals surface area contributed by atoms with Crippen molar-refractivity contribution in [2.45, 2.75) is 64.5 Å². The summed E-state index contributed by atoms with van der Waals surface area (Å²) in [7, 11) is 0. The highest BCUT2D eigenvalue weighted by molar-refractivity contribution is 6.30. The summed E-state index contributed by atoms with van der Waals surface area (Å²) < 4.78 is 0. The zero-order chi connectivity index (χ0) is 21.9. The smallest absolute Gasteiger partial charge is 0.229 e. The van der Waals surface area contributed by atoms with E-state index in [2.05, 4.69) is 50.4 Å². The molecule has 0 saturated carbocycles. The Labute approximate surface area is 190 Å². The highest BCUT2D eigenvalue weighted by atomic mass is 35.5. The molecule has 2 aromatic rings. The largest absolute Gasteiger partial charge is 0.332 e. The van der Waals surface area contributed by atoms with Crippen molar-refractivity contribution >= 4 is 29.1 Å². The molecule has 0 spiro atoms. The molecule has 1 aliphatic rings. The average molecular weight is 444 g/mol. The maximum absolute atomic E-state index is 13.9. The SMILES string of the molecule is C=CC[C@@]1(C)CC(c2cccc(Cl)c2)[C@@H](c2ccc(Cl)cc2)N(C(CC)CC)C1=O. The number of benzene rings is 2. The molecular formula is C26H31Cl2NO. The van der Waals surface area contributed by atoms with Gasteiger partial charge in [0.15, 0.2) is 0 Å². The predicted octanol–water partition coefficient (Wildman–Crippen LogP) is 7.82. The molecule has 160 valence electrons. The summed E-state index contributed by atoms with van der Waals surface area (Å²) in [6, 6.07) is 16.1. The number of hydrogen-bond acceptors (Lipinski definition) is 1. The third-order valence-corrected chi connectivity index (χ3v) is 7.01. The first-order valence-electron chi connectivity index (χ1n) is 10.8. The summed E-state index contributed by atoms with van der Waals surface area (Å²) in [4.78, 5) is 16.1. The molecular weight excluding hydrogens is 413 g/mol. The Balaban J connectivity index is 2.22. The quantitative estimate of drug-likeness (QED) is 0.399. The molecule has 1 amide bonds. The summed E-state index contributed by atoms with van der Waals surface area (Å²) in [5.41, 5.74) is 1.80. The molecule has 0 N–H and O–H groups in total. The van der Waals surface area contributed by atoms with Crippen LogP contribution < -0.4 is 0 Å². The standard InChI is InChI=1S/C26H31Cl2NO/c1-5-15-26(4)17-23(19-9-8-10-21(28)16-19)24(18-11-13-20(27)14-12-18)29(25(26)30)22(6-2)7-3/h5,8-14,16,22-24H,1,6-7,15,17H2,2-4H3/t23?,24-,26+/m1/s1. The second kappa shape index (κ2) is 9.58. The fraction of sp³-hybridized carbons (Fsp3) is 0.423. The van der Waals surface area contributed by atoms with Crippen LogP contribution in [0.15, 0.2) is 61.2 Å². The van der Waals surface area contributed by atoms with Crippen LogP contribution >= 0.6 is 23.2 Å². The molecule has 0 aliphatic carbocycles. The van der Waals surface area contributed by atoms with Crippen molar-refractivity contribution in [3.8, 4) is 0 Å². The van der Waals surface area contributed by atoms with Gasteiger partial charge in [-0.2, -0.15) is 0 Å². The second-order valence-electron chi connectivity index (χ2n) is 8.60. The lowest BCUT2D eigenvalue weighted by Gasteiger charge is -2.52. The molecule has 1 fully saturated rings. The van der Waals surface area contributed by atoms with Crippen LogP contribution in [0, 0.1) is 5.41 Å². The van der Waals surface area contributed by atoms with E-state index in [-0.39, 0.29) is 23.9 Å². The van der Waals surface area contributed by atoms with E-state index in [0.717, 1.165) is 29.8 Å². The first-order chi connectivity index (χ1) is 14.3. The molecule has 1 aliphatic heterocycles. The van der Waals surface area contributed by atoms with Gasteiger partial charge in [0, 0.05) is 22.0 Å². The van der Waals surface area contributed by atoms with E-state index in [1.54, 1.807) is 0 Å². The highest BCUT2D eigenvalue weighted by Crippen LogP contribution is 2.52. The van der Waals surface area contributed by atoms with Crippen molar-refractivity contribution in [1.82, 2.24) is 4.90 Å². The second-order valence-corrected chi connectivity index (χ2v) is 9.47. The minimum absolute atomic E-state index is 0.0592. The maximum atomic E-state index is 13.9. The van der Waals surface area contributed by atoms with Gasteiger partial charge < -0.3 is 4.90 Å². The van der Waals surface area contributed by atoms with Crippen molar-refractivity contribution in [3.05, 3.63) is 82.4 Å². The molecule has 1 saturated heterocycles. The van der Waals surface area contributed by atoms with E-state index < -0.39 is 5.41 Å². The Bertz CT molecular complexity index is 890. The van der Waals surface area contributed by atoms with E-state index >= 15 is 0 Å². The average Bonchev–Trinajstić information content (AvgIpc) is 2.73. The first-order valence-corrected chi connectivity index (χ1v) is 11.5. The molecule has 2 aromatic carbocycles. The van der Waals surface area contributed by atoms with Gasteiger partial charge in [-0.15, -0.1) is 6.58 Å². The van der Waals surface area contributed by atoms with Gasteiger partial charge in [-0.25, -0.2) is 0 Å². The number of halogens is 2. The van der Waals surface area contributed by atoms with Crippen molar-refractivity contribution in [2.24, 2.45) is 5.41 Å². The Morgan fingerprint density at radius 2 is 1.77 bits per heavy atom. The molecule has 2 nitrogen and oxygen atoms in total. The van der Waals surface area contributed by atoms with Crippen LogP contribution in [-0.4, -0.2) is 16.8 Å². The minimum Gasteiger partial charge on any atom is -0.332 e. The summed E-state index contributed by atoms with van der Waals surface area (Å²) in [6.07, 6.45) is 5.12. The van der Waals surface area contributed by atoms with E-state index in [9.17, 15) is 4.79 Å². The van der Waals surface area contributed by atoms with Crippen LogP contribution in [0.2, 0.25) is 10.0 Å². The molecule has 3 rings (SSSR count). The van der Waals surface area contributed by atoms with Crippen LogP contribution in [0.3, 0.4) is 0 Å². The normalized spacial score (nSPS) is 24.3. The van der Waals surface area contributed by atoms with Crippen molar-refractivity contribution in [1.29, 1.82) is 0 Å². The summed E-state index contributed by atoms with van der Waals surface area (Å²) >= 11 is 12.6. The lowest BCUT2D eigenvalue weighted by Crippen LogP contribution is -2.55. The van der Waals surface area contributed by atoms with E-state index in [1.807, 2.05) is 36.4 Å². The van der Waals surface area contributed by atoms with E-state index in [4.69, 9.17) is 23.2 Å². The number of likely N-dealkylation sites (tertiary alicyclic amines) is 1. The van der Waals surface area contributed by atoms with Gasteiger partial charge in [-0.1, -0.05) is 74.3 Å². The number of piperidine rings is 1. The molecule has 1 heterocycles. The Morgan fingerprint density at radius 3 is 2.33 bits per heavy atom. The number of rotatable bonds is 7.